The smallest absolute Gasteiger partial charge is 0.0848 e. The summed E-state index contributed by atoms with van der Waals surface area (Å²) in [7, 11) is 2.44. The van der Waals surface area contributed by atoms with Crippen molar-refractivity contribution in [2.24, 2.45) is 0 Å². The molecule has 0 amide bonds. The third-order valence-corrected chi connectivity index (χ3v) is 1.13. The Morgan fingerprint density at radius 2 is 2.62 bits per heavy atom. The molecule has 1 rings (SSSR count). The second-order valence-corrected chi connectivity index (χ2v) is 1.95. The van der Waals surface area contributed by atoms with Crippen LogP contribution in [0.15, 0.2) is 18.8 Å². The SMILES string of the molecule is C=Cc1ccn(P)n1. The molecule has 0 fully saturated rings. The van der Waals surface area contributed by atoms with E-state index in [4.69, 9.17) is 0 Å². The van der Waals surface area contributed by atoms with E-state index in [1.54, 1.807) is 10.5 Å². The summed E-state index contributed by atoms with van der Waals surface area (Å²) in [5.74, 6) is 0. The molecule has 0 saturated heterocycles. The summed E-state index contributed by atoms with van der Waals surface area (Å²) in [6.45, 7) is 3.56. The monoisotopic (exact) mass is 126 g/mol. The zero-order valence-corrected chi connectivity index (χ0v) is 5.57. The minimum Gasteiger partial charge on any atom is -0.258 e. The lowest BCUT2D eigenvalue weighted by molar-refractivity contribution is 1.00. The van der Waals surface area contributed by atoms with Crippen molar-refractivity contribution in [3.8, 4) is 0 Å². The lowest BCUT2D eigenvalue weighted by Crippen LogP contribution is -1.77. The molecule has 0 aliphatic rings. The van der Waals surface area contributed by atoms with Gasteiger partial charge in [0.2, 0.25) is 0 Å². The van der Waals surface area contributed by atoms with E-state index in [9.17, 15) is 0 Å². The summed E-state index contributed by atoms with van der Waals surface area (Å²) in [6, 6.07) is 1.89. The lowest BCUT2D eigenvalue weighted by atomic mass is 10.4. The molecule has 8 heavy (non-hydrogen) atoms. The van der Waals surface area contributed by atoms with Gasteiger partial charge in [0.05, 0.1) is 5.69 Å². The van der Waals surface area contributed by atoms with Gasteiger partial charge in [-0.1, -0.05) is 6.58 Å². The first-order chi connectivity index (χ1) is 3.83. The van der Waals surface area contributed by atoms with Crippen molar-refractivity contribution in [2.75, 3.05) is 0 Å². The zero-order chi connectivity index (χ0) is 5.98. The fourth-order valence-corrected chi connectivity index (χ4v) is 0.681. The maximum atomic E-state index is 3.99. The lowest BCUT2D eigenvalue weighted by Gasteiger charge is -1.80. The molecule has 0 aliphatic heterocycles. The summed E-state index contributed by atoms with van der Waals surface area (Å²) in [6.07, 6.45) is 3.56. The molecule has 1 aromatic heterocycles. The van der Waals surface area contributed by atoms with Crippen molar-refractivity contribution in [3.63, 3.8) is 0 Å². The van der Waals surface area contributed by atoms with Crippen LogP contribution in [0.2, 0.25) is 0 Å². The molecule has 0 saturated carbocycles. The minimum atomic E-state index is 0.903. The molecule has 3 heteroatoms. The van der Waals surface area contributed by atoms with Gasteiger partial charge in [-0.25, -0.2) is 0 Å². The van der Waals surface area contributed by atoms with E-state index in [2.05, 4.69) is 21.1 Å². The van der Waals surface area contributed by atoms with Gasteiger partial charge >= 0.3 is 0 Å². The second kappa shape index (κ2) is 2.10. The minimum absolute atomic E-state index is 0.903. The Morgan fingerprint density at radius 3 is 2.88 bits per heavy atom. The molecule has 0 spiro atoms. The van der Waals surface area contributed by atoms with Crippen molar-refractivity contribution in [3.05, 3.63) is 24.5 Å². The van der Waals surface area contributed by atoms with Gasteiger partial charge in [0.25, 0.3) is 0 Å². The molecule has 0 N–H and O–H groups in total. The van der Waals surface area contributed by atoms with Crippen molar-refractivity contribution < 1.29 is 0 Å². The van der Waals surface area contributed by atoms with Crippen LogP contribution in [0.4, 0.5) is 0 Å². The van der Waals surface area contributed by atoms with Gasteiger partial charge in [-0.3, -0.25) is 4.45 Å². The quantitative estimate of drug-likeness (QED) is 0.516. The first-order valence-corrected chi connectivity index (χ1v) is 2.78. The first kappa shape index (κ1) is 5.52. The van der Waals surface area contributed by atoms with Gasteiger partial charge in [-0.05, 0) is 21.5 Å². The van der Waals surface area contributed by atoms with Gasteiger partial charge < -0.3 is 0 Å². The Bertz CT molecular complexity index is 192. The Labute approximate surface area is 50.5 Å². The van der Waals surface area contributed by atoms with Crippen LogP contribution in [0, 0.1) is 0 Å². The average Bonchev–Trinajstić information content (AvgIpc) is 2.14. The summed E-state index contributed by atoms with van der Waals surface area (Å²) in [4.78, 5) is 0. The van der Waals surface area contributed by atoms with Gasteiger partial charge in [0, 0.05) is 6.20 Å². The molecule has 0 aliphatic carbocycles. The van der Waals surface area contributed by atoms with Crippen molar-refractivity contribution >= 4 is 15.5 Å². The maximum absolute atomic E-state index is 3.99. The molecule has 1 heterocycles. The highest BCUT2D eigenvalue weighted by Crippen LogP contribution is 1.98. The third-order valence-electron chi connectivity index (χ3n) is 0.838. The molecule has 0 bridgehead atoms. The molecule has 1 unspecified atom stereocenters. The van der Waals surface area contributed by atoms with Gasteiger partial charge in [0.15, 0.2) is 0 Å². The summed E-state index contributed by atoms with van der Waals surface area (Å²) in [5.41, 5.74) is 0.903. The number of rotatable bonds is 1. The van der Waals surface area contributed by atoms with E-state index in [0.29, 0.717) is 0 Å². The van der Waals surface area contributed by atoms with E-state index in [-0.39, 0.29) is 0 Å². The summed E-state index contributed by atoms with van der Waals surface area (Å²) >= 11 is 0. The fourth-order valence-electron chi connectivity index (χ4n) is 0.462. The van der Waals surface area contributed by atoms with E-state index in [0.717, 1.165) is 5.69 Å². The van der Waals surface area contributed by atoms with Crippen LogP contribution in [-0.2, 0) is 0 Å². The average molecular weight is 126 g/mol. The Balaban J connectivity index is 3.00. The third kappa shape index (κ3) is 0.958. The first-order valence-electron chi connectivity index (χ1n) is 2.26. The van der Waals surface area contributed by atoms with Crippen LogP contribution in [-0.4, -0.2) is 9.55 Å². The number of nitrogens with zero attached hydrogens (tertiary/aromatic N) is 2. The van der Waals surface area contributed by atoms with E-state index >= 15 is 0 Å². The van der Waals surface area contributed by atoms with Gasteiger partial charge in [-0.15, -0.1) is 0 Å². The molecule has 1 aromatic rings. The van der Waals surface area contributed by atoms with Crippen LogP contribution in [0.1, 0.15) is 5.69 Å². The van der Waals surface area contributed by atoms with Crippen molar-refractivity contribution in [2.45, 2.75) is 0 Å². The summed E-state index contributed by atoms with van der Waals surface area (Å²) < 4.78 is 1.66. The van der Waals surface area contributed by atoms with Gasteiger partial charge in [0.1, 0.15) is 0 Å². The highest BCUT2D eigenvalue weighted by Gasteiger charge is 1.85. The van der Waals surface area contributed by atoms with Gasteiger partial charge in [-0.2, -0.15) is 5.10 Å². The highest BCUT2D eigenvalue weighted by molar-refractivity contribution is 7.14. The molecule has 2 nitrogen and oxygen atoms in total. The molecule has 1 atom stereocenters. The predicted molar refractivity (Wildman–Crippen MR) is 37.4 cm³/mol. The van der Waals surface area contributed by atoms with Crippen LogP contribution >= 0.6 is 9.39 Å². The molecule has 0 aromatic carbocycles. The molecular formula is C5H7N2P. The van der Waals surface area contributed by atoms with E-state index in [1.807, 2.05) is 12.3 Å². The Morgan fingerprint density at radius 1 is 1.88 bits per heavy atom. The van der Waals surface area contributed by atoms with Crippen LogP contribution in [0.25, 0.3) is 6.08 Å². The Hall–Kier alpha value is -0.620. The predicted octanol–water partition coefficient (Wildman–Crippen LogP) is 1.16. The summed E-state index contributed by atoms with van der Waals surface area (Å²) in [5, 5.41) is 3.99. The number of aromatic nitrogens is 2. The molecule has 42 valence electrons. The number of hydrogen-bond acceptors (Lipinski definition) is 1. The normalized spacial score (nSPS) is 9.12. The standard InChI is InChI=1S/C5H7N2P/c1-2-5-3-4-7(8)6-5/h2-4H,1,8H2. The Kier molecular flexibility index (Phi) is 1.45. The molecule has 0 radical (unpaired) electrons. The zero-order valence-electron chi connectivity index (χ0n) is 4.41. The van der Waals surface area contributed by atoms with Crippen molar-refractivity contribution in [1.29, 1.82) is 0 Å². The second-order valence-electron chi connectivity index (χ2n) is 1.42. The van der Waals surface area contributed by atoms with E-state index < -0.39 is 0 Å². The van der Waals surface area contributed by atoms with Crippen LogP contribution < -0.4 is 0 Å². The molecular weight excluding hydrogens is 119 g/mol. The highest BCUT2D eigenvalue weighted by atomic mass is 31.0. The fraction of sp³-hybridized carbons (Fsp3) is 0. The van der Waals surface area contributed by atoms with E-state index in [1.165, 1.54) is 0 Å². The largest absolute Gasteiger partial charge is 0.258 e. The maximum Gasteiger partial charge on any atom is 0.0848 e. The number of hydrogen-bond donors (Lipinski definition) is 0. The van der Waals surface area contributed by atoms with Crippen molar-refractivity contribution in [1.82, 2.24) is 9.55 Å². The van der Waals surface area contributed by atoms with Crippen LogP contribution in [0.5, 0.6) is 0 Å². The topological polar surface area (TPSA) is 17.8 Å². The van der Waals surface area contributed by atoms with Crippen LogP contribution in [0.3, 0.4) is 0 Å².